The molecular weight excluding hydrogens is 236 g/mol. The van der Waals surface area contributed by atoms with Gasteiger partial charge in [-0.05, 0) is 49.4 Å². The summed E-state index contributed by atoms with van der Waals surface area (Å²) in [5.74, 6) is 0.600. The van der Waals surface area contributed by atoms with Crippen molar-refractivity contribution in [1.82, 2.24) is 5.32 Å². The van der Waals surface area contributed by atoms with E-state index in [0.717, 1.165) is 17.7 Å². The number of benzene rings is 1. The molecule has 3 nitrogen and oxygen atoms in total. The van der Waals surface area contributed by atoms with Crippen LogP contribution in [0.4, 0.5) is 5.69 Å². The van der Waals surface area contributed by atoms with Gasteiger partial charge in [-0.2, -0.15) is 0 Å². The van der Waals surface area contributed by atoms with E-state index in [2.05, 4.69) is 12.2 Å². The van der Waals surface area contributed by atoms with Crippen molar-refractivity contribution in [3.8, 4) is 0 Å². The van der Waals surface area contributed by atoms with Crippen LogP contribution in [0.3, 0.4) is 0 Å². The number of rotatable bonds is 2. The van der Waals surface area contributed by atoms with E-state index in [9.17, 15) is 4.79 Å². The van der Waals surface area contributed by atoms with E-state index in [1.165, 1.54) is 25.7 Å². The van der Waals surface area contributed by atoms with Crippen LogP contribution >= 0.6 is 0 Å². The maximum atomic E-state index is 12.3. The molecule has 0 aliphatic heterocycles. The van der Waals surface area contributed by atoms with Crippen molar-refractivity contribution in [2.24, 2.45) is 5.92 Å². The van der Waals surface area contributed by atoms with Crippen molar-refractivity contribution < 1.29 is 4.79 Å². The molecule has 3 N–H and O–H groups in total. The first kappa shape index (κ1) is 13.9. The van der Waals surface area contributed by atoms with Gasteiger partial charge < -0.3 is 11.1 Å². The van der Waals surface area contributed by atoms with Gasteiger partial charge in [0, 0.05) is 17.3 Å². The molecule has 2 atom stereocenters. The Hall–Kier alpha value is -1.51. The van der Waals surface area contributed by atoms with Gasteiger partial charge in [0.1, 0.15) is 0 Å². The highest BCUT2D eigenvalue weighted by molar-refractivity contribution is 5.95. The molecule has 1 aromatic carbocycles. The summed E-state index contributed by atoms with van der Waals surface area (Å²) in [6.07, 6.45) is 6.11. The lowest BCUT2D eigenvalue weighted by Gasteiger charge is -2.23. The van der Waals surface area contributed by atoms with Crippen LogP contribution in [0.15, 0.2) is 18.2 Å². The summed E-state index contributed by atoms with van der Waals surface area (Å²) in [5.41, 5.74) is 8.19. The smallest absolute Gasteiger partial charge is 0.251 e. The van der Waals surface area contributed by atoms with Gasteiger partial charge in [-0.15, -0.1) is 0 Å². The fourth-order valence-electron chi connectivity index (χ4n) is 2.78. The van der Waals surface area contributed by atoms with Gasteiger partial charge in [0.15, 0.2) is 0 Å². The van der Waals surface area contributed by atoms with Gasteiger partial charge in [-0.3, -0.25) is 4.79 Å². The van der Waals surface area contributed by atoms with Crippen LogP contribution in [0.1, 0.15) is 54.9 Å². The Balaban J connectivity index is 2.05. The lowest BCUT2D eigenvalue weighted by atomic mass is 9.96. The molecule has 19 heavy (non-hydrogen) atoms. The summed E-state index contributed by atoms with van der Waals surface area (Å²) in [6, 6.07) is 5.79. The van der Waals surface area contributed by atoms with E-state index < -0.39 is 0 Å². The molecule has 0 radical (unpaired) electrons. The van der Waals surface area contributed by atoms with E-state index in [1.807, 2.05) is 13.0 Å². The lowest BCUT2D eigenvalue weighted by Crippen LogP contribution is -2.38. The molecule has 104 valence electrons. The zero-order valence-corrected chi connectivity index (χ0v) is 11.9. The first-order valence-electron chi connectivity index (χ1n) is 7.25. The molecule has 1 aliphatic carbocycles. The Bertz CT molecular complexity index is 456. The fourth-order valence-corrected chi connectivity index (χ4v) is 2.78. The second-order valence-corrected chi connectivity index (χ2v) is 5.77. The Morgan fingerprint density at radius 1 is 1.26 bits per heavy atom. The average Bonchev–Trinajstić information content (AvgIpc) is 2.58. The van der Waals surface area contributed by atoms with Crippen LogP contribution in [0, 0.1) is 12.8 Å². The Kier molecular flexibility index (Phi) is 4.46. The molecule has 2 unspecified atom stereocenters. The van der Waals surface area contributed by atoms with Crippen LogP contribution in [0.5, 0.6) is 0 Å². The Morgan fingerprint density at radius 2 is 2.00 bits per heavy atom. The lowest BCUT2D eigenvalue weighted by molar-refractivity contribution is 0.0921. The molecule has 1 fully saturated rings. The van der Waals surface area contributed by atoms with Crippen molar-refractivity contribution in [3.05, 3.63) is 29.3 Å². The zero-order chi connectivity index (χ0) is 13.8. The summed E-state index contributed by atoms with van der Waals surface area (Å²) in [4.78, 5) is 12.3. The normalized spacial score (nSPS) is 23.7. The number of nitrogens with one attached hydrogen (secondary N) is 1. The summed E-state index contributed by atoms with van der Waals surface area (Å²) in [5, 5.41) is 3.19. The third-order valence-corrected chi connectivity index (χ3v) is 4.21. The third kappa shape index (κ3) is 3.49. The molecule has 3 heteroatoms. The molecule has 2 rings (SSSR count). The molecule has 0 bridgehead atoms. The van der Waals surface area contributed by atoms with E-state index in [-0.39, 0.29) is 5.91 Å². The van der Waals surface area contributed by atoms with E-state index in [1.54, 1.807) is 12.1 Å². The maximum Gasteiger partial charge on any atom is 0.251 e. The van der Waals surface area contributed by atoms with Gasteiger partial charge in [-0.25, -0.2) is 0 Å². The summed E-state index contributed by atoms with van der Waals surface area (Å²) < 4.78 is 0. The van der Waals surface area contributed by atoms with Crippen LogP contribution in [-0.2, 0) is 0 Å². The highest BCUT2D eigenvalue weighted by atomic mass is 16.1. The molecule has 1 aliphatic rings. The van der Waals surface area contributed by atoms with E-state index in [0.29, 0.717) is 17.5 Å². The van der Waals surface area contributed by atoms with Crippen molar-refractivity contribution in [2.45, 2.75) is 52.0 Å². The summed E-state index contributed by atoms with van der Waals surface area (Å²) in [6.45, 7) is 4.17. The van der Waals surface area contributed by atoms with Crippen molar-refractivity contribution in [3.63, 3.8) is 0 Å². The first-order chi connectivity index (χ1) is 9.08. The Labute approximate surface area is 115 Å². The molecular formula is C16H24N2O. The van der Waals surface area contributed by atoms with Crippen LogP contribution in [-0.4, -0.2) is 11.9 Å². The summed E-state index contributed by atoms with van der Waals surface area (Å²) >= 11 is 0. The average molecular weight is 260 g/mol. The highest BCUT2D eigenvalue weighted by Crippen LogP contribution is 2.23. The topological polar surface area (TPSA) is 55.1 Å². The minimum absolute atomic E-state index is 0.0295. The van der Waals surface area contributed by atoms with Crippen molar-refractivity contribution >= 4 is 11.6 Å². The molecule has 0 spiro atoms. The van der Waals surface area contributed by atoms with E-state index in [4.69, 9.17) is 5.73 Å². The van der Waals surface area contributed by atoms with Crippen molar-refractivity contribution in [1.29, 1.82) is 0 Å². The van der Waals surface area contributed by atoms with Gasteiger partial charge in [-0.1, -0.05) is 26.2 Å². The number of hydrogen-bond donors (Lipinski definition) is 2. The van der Waals surface area contributed by atoms with Gasteiger partial charge in [0.2, 0.25) is 0 Å². The fraction of sp³-hybridized carbons (Fsp3) is 0.562. The van der Waals surface area contributed by atoms with Crippen LogP contribution in [0.25, 0.3) is 0 Å². The minimum Gasteiger partial charge on any atom is -0.399 e. The SMILES string of the molecule is Cc1cc(C(=O)NC2CCCCCC2C)ccc1N. The second kappa shape index (κ2) is 6.09. The predicted molar refractivity (Wildman–Crippen MR) is 79.1 cm³/mol. The number of hydrogen-bond acceptors (Lipinski definition) is 2. The van der Waals surface area contributed by atoms with Crippen LogP contribution < -0.4 is 11.1 Å². The van der Waals surface area contributed by atoms with Gasteiger partial charge in [0.05, 0.1) is 0 Å². The predicted octanol–water partition coefficient (Wildman–Crippen LogP) is 3.28. The zero-order valence-electron chi connectivity index (χ0n) is 11.9. The molecule has 0 saturated heterocycles. The quantitative estimate of drug-likeness (QED) is 0.633. The number of aryl methyl sites for hydroxylation is 1. The number of nitrogen functional groups attached to an aromatic ring is 1. The second-order valence-electron chi connectivity index (χ2n) is 5.77. The van der Waals surface area contributed by atoms with E-state index >= 15 is 0 Å². The number of carbonyl (C=O) groups excluding carboxylic acids is 1. The molecule has 1 amide bonds. The molecule has 1 saturated carbocycles. The maximum absolute atomic E-state index is 12.3. The number of nitrogens with two attached hydrogens (primary N) is 1. The number of amides is 1. The Morgan fingerprint density at radius 3 is 2.74 bits per heavy atom. The third-order valence-electron chi connectivity index (χ3n) is 4.21. The molecule has 1 aromatic rings. The number of anilines is 1. The minimum atomic E-state index is 0.0295. The van der Waals surface area contributed by atoms with Gasteiger partial charge in [0.25, 0.3) is 5.91 Å². The van der Waals surface area contributed by atoms with Crippen LogP contribution in [0.2, 0.25) is 0 Å². The summed E-state index contributed by atoms with van der Waals surface area (Å²) in [7, 11) is 0. The van der Waals surface area contributed by atoms with Crippen molar-refractivity contribution in [2.75, 3.05) is 5.73 Å². The highest BCUT2D eigenvalue weighted by Gasteiger charge is 2.22. The number of carbonyl (C=O) groups is 1. The molecule has 0 aromatic heterocycles. The largest absolute Gasteiger partial charge is 0.399 e. The molecule has 0 heterocycles. The standard InChI is InChI=1S/C16H24N2O/c1-11-6-4-3-5-7-15(11)18-16(19)13-8-9-14(17)12(2)10-13/h8-11,15H,3-7,17H2,1-2H3,(H,18,19). The first-order valence-corrected chi connectivity index (χ1v) is 7.25. The van der Waals surface area contributed by atoms with Gasteiger partial charge >= 0.3 is 0 Å². The monoisotopic (exact) mass is 260 g/mol.